The summed E-state index contributed by atoms with van der Waals surface area (Å²) in [5.74, 6) is 0. The van der Waals surface area contributed by atoms with Crippen molar-refractivity contribution in [2.45, 2.75) is 0 Å². The van der Waals surface area contributed by atoms with Crippen LogP contribution in [0, 0.1) is 0 Å². The average molecular weight is 799 g/mol. The van der Waals surface area contributed by atoms with E-state index < -0.39 is 0 Å². The van der Waals surface area contributed by atoms with Crippen LogP contribution in [0.1, 0.15) is 0 Å². The molecule has 286 valence electrons. The van der Waals surface area contributed by atoms with Gasteiger partial charge in [-0.2, -0.15) is 8.75 Å². The SMILES string of the molecule is c1ccc(-c2ccc3c4c(ccc(-c5ccccc5)c24)-c2nc4c(N(c5ccccc5)c5ccccc5)c5nsnc5c(N(c5ccccc5)c5ccccc5)c4nc2-3)cc1. The molecular weight excluding hydrogens is 765 g/mol. The quantitative estimate of drug-likeness (QED) is 0.143. The number of para-hydroxylation sites is 4. The second-order valence-corrected chi connectivity index (χ2v) is 15.6. The predicted molar refractivity (Wildman–Crippen MR) is 253 cm³/mol. The molecule has 61 heavy (non-hydrogen) atoms. The van der Waals surface area contributed by atoms with Crippen LogP contribution in [0.25, 0.3) is 77.6 Å². The minimum Gasteiger partial charge on any atom is -0.306 e. The molecule has 11 aromatic rings. The van der Waals surface area contributed by atoms with E-state index in [2.05, 4.69) is 192 Å². The van der Waals surface area contributed by atoms with E-state index >= 15 is 0 Å². The van der Waals surface area contributed by atoms with Crippen LogP contribution < -0.4 is 9.80 Å². The maximum absolute atomic E-state index is 5.84. The summed E-state index contributed by atoms with van der Waals surface area (Å²) in [6, 6.07) is 72.2. The fraction of sp³-hybridized carbons (Fsp3) is 0. The molecule has 6 nitrogen and oxygen atoms in total. The molecule has 2 heterocycles. The summed E-state index contributed by atoms with van der Waals surface area (Å²) in [4.78, 5) is 16.2. The normalized spacial score (nSPS) is 11.6. The maximum Gasteiger partial charge on any atom is 0.133 e. The van der Waals surface area contributed by atoms with Gasteiger partial charge in [0.1, 0.15) is 33.4 Å². The van der Waals surface area contributed by atoms with E-state index in [1.165, 1.54) is 28.2 Å². The van der Waals surface area contributed by atoms with Gasteiger partial charge in [0.25, 0.3) is 0 Å². The van der Waals surface area contributed by atoms with Crippen molar-refractivity contribution in [3.63, 3.8) is 0 Å². The van der Waals surface area contributed by atoms with E-state index in [1.807, 2.05) is 24.3 Å². The van der Waals surface area contributed by atoms with Gasteiger partial charge in [-0.05, 0) is 76.2 Å². The summed E-state index contributed by atoms with van der Waals surface area (Å²) in [5.41, 5.74) is 17.0. The molecule has 2 aromatic heterocycles. The molecule has 0 saturated carbocycles. The number of rotatable bonds is 8. The lowest BCUT2D eigenvalue weighted by molar-refractivity contribution is 1.24. The molecule has 0 atom stereocenters. The molecule has 0 bridgehead atoms. The van der Waals surface area contributed by atoms with Crippen molar-refractivity contribution in [1.29, 1.82) is 0 Å². The maximum atomic E-state index is 5.84. The Morgan fingerprint density at radius 3 is 0.934 bits per heavy atom. The van der Waals surface area contributed by atoms with Crippen molar-refractivity contribution in [1.82, 2.24) is 18.7 Å². The van der Waals surface area contributed by atoms with E-state index in [1.54, 1.807) is 0 Å². The van der Waals surface area contributed by atoms with E-state index in [9.17, 15) is 0 Å². The molecule has 0 N–H and O–H groups in total. The van der Waals surface area contributed by atoms with Crippen LogP contribution in [0.3, 0.4) is 0 Å². The Balaban J connectivity index is 1.24. The van der Waals surface area contributed by atoms with Gasteiger partial charge in [0, 0.05) is 39.3 Å². The zero-order valence-electron chi connectivity index (χ0n) is 32.7. The van der Waals surface area contributed by atoms with Crippen LogP contribution in [-0.2, 0) is 0 Å². The van der Waals surface area contributed by atoms with Crippen LogP contribution in [-0.4, -0.2) is 18.7 Å². The molecule has 0 radical (unpaired) electrons. The minimum atomic E-state index is 0.731. The molecule has 1 aliphatic carbocycles. The first-order chi connectivity index (χ1) is 30.3. The summed E-state index contributed by atoms with van der Waals surface area (Å²) in [7, 11) is 0. The third-order valence-electron chi connectivity index (χ3n) is 11.6. The van der Waals surface area contributed by atoms with E-state index in [0.717, 1.165) is 95.2 Å². The highest BCUT2D eigenvalue weighted by Crippen LogP contribution is 2.55. The van der Waals surface area contributed by atoms with Crippen molar-refractivity contribution in [3.8, 4) is 44.8 Å². The molecule has 0 unspecified atom stereocenters. The molecule has 0 spiro atoms. The molecule has 0 saturated heterocycles. The molecule has 0 aliphatic heterocycles. The number of aromatic nitrogens is 4. The van der Waals surface area contributed by atoms with Gasteiger partial charge in [-0.1, -0.05) is 158 Å². The van der Waals surface area contributed by atoms with Gasteiger partial charge in [-0.15, -0.1) is 0 Å². The Kier molecular flexibility index (Phi) is 8.25. The van der Waals surface area contributed by atoms with Crippen LogP contribution in [0.2, 0.25) is 0 Å². The summed E-state index contributed by atoms with van der Waals surface area (Å²) in [6.45, 7) is 0. The predicted octanol–water partition coefficient (Wildman–Crippen LogP) is 14.7. The summed E-state index contributed by atoms with van der Waals surface area (Å²) < 4.78 is 10.3. The fourth-order valence-corrected chi connectivity index (χ4v) is 9.57. The zero-order chi connectivity index (χ0) is 40.3. The lowest BCUT2D eigenvalue weighted by atomic mass is 9.89. The highest BCUT2D eigenvalue weighted by atomic mass is 32.1. The Bertz CT molecular complexity index is 3100. The van der Waals surface area contributed by atoms with Gasteiger partial charge in [0.2, 0.25) is 0 Å². The zero-order valence-corrected chi connectivity index (χ0v) is 33.5. The minimum absolute atomic E-state index is 0.731. The Morgan fingerprint density at radius 2 is 0.590 bits per heavy atom. The van der Waals surface area contributed by atoms with Crippen LogP contribution >= 0.6 is 11.7 Å². The fourth-order valence-electron chi connectivity index (χ4n) is 9.02. The average Bonchev–Trinajstić information content (AvgIpc) is 3.95. The molecule has 12 rings (SSSR count). The first kappa shape index (κ1) is 35.0. The van der Waals surface area contributed by atoms with Gasteiger partial charge in [0.05, 0.1) is 23.1 Å². The van der Waals surface area contributed by atoms with Gasteiger partial charge >= 0.3 is 0 Å². The van der Waals surface area contributed by atoms with E-state index in [4.69, 9.17) is 18.7 Å². The molecule has 7 heteroatoms. The lowest BCUT2D eigenvalue weighted by Crippen LogP contribution is -2.15. The highest BCUT2D eigenvalue weighted by Gasteiger charge is 2.34. The monoisotopic (exact) mass is 798 g/mol. The number of benzene rings is 9. The number of anilines is 6. The number of hydrogen-bond acceptors (Lipinski definition) is 7. The van der Waals surface area contributed by atoms with Crippen molar-refractivity contribution in [2.24, 2.45) is 0 Å². The largest absolute Gasteiger partial charge is 0.306 e. The number of nitrogens with zero attached hydrogens (tertiary/aromatic N) is 6. The van der Waals surface area contributed by atoms with Crippen molar-refractivity contribution < 1.29 is 0 Å². The Morgan fingerprint density at radius 1 is 0.295 bits per heavy atom. The second kappa shape index (κ2) is 14.4. The van der Waals surface area contributed by atoms with Crippen molar-refractivity contribution in [2.75, 3.05) is 9.80 Å². The number of hydrogen-bond donors (Lipinski definition) is 0. The standard InChI is InChI=1S/C54H34N6S/c1-7-19-35(20-8-1)41-31-33-43-46-44(34-32-42(45(41)46)36-21-9-2-10-22-36)48-47(43)55-49-50(56-48)54(60(39-27-15-5-16-28-39)40-29-17-6-18-30-40)52-51(57-61-58-52)53(49)59(37-23-11-3-12-24-37)38-25-13-4-14-26-38/h1-34H. The van der Waals surface area contributed by atoms with Crippen LogP contribution in [0.4, 0.5) is 34.1 Å². The lowest BCUT2D eigenvalue weighted by Gasteiger charge is -2.30. The topological polar surface area (TPSA) is 58.0 Å². The van der Waals surface area contributed by atoms with Crippen LogP contribution in [0.5, 0.6) is 0 Å². The Hall–Kier alpha value is -8.00. The first-order valence-electron chi connectivity index (χ1n) is 20.3. The van der Waals surface area contributed by atoms with Gasteiger partial charge in [0.15, 0.2) is 0 Å². The second-order valence-electron chi connectivity index (χ2n) is 15.1. The molecule has 0 amide bonds. The number of fused-ring (bicyclic) bond motifs is 5. The van der Waals surface area contributed by atoms with Gasteiger partial charge in [-0.3, -0.25) is 0 Å². The first-order valence-corrected chi connectivity index (χ1v) is 21.1. The summed E-state index contributed by atoms with van der Waals surface area (Å²) >= 11 is 1.21. The Labute approximate surface area is 356 Å². The van der Waals surface area contributed by atoms with E-state index in [-0.39, 0.29) is 0 Å². The van der Waals surface area contributed by atoms with Crippen molar-refractivity contribution >= 4 is 78.7 Å². The van der Waals surface area contributed by atoms with Gasteiger partial charge < -0.3 is 9.80 Å². The third-order valence-corrected chi connectivity index (χ3v) is 12.2. The van der Waals surface area contributed by atoms with E-state index in [0.29, 0.717) is 0 Å². The van der Waals surface area contributed by atoms with Gasteiger partial charge in [-0.25, -0.2) is 9.97 Å². The van der Waals surface area contributed by atoms with Crippen LogP contribution in [0.15, 0.2) is 206 Å². The molecule has 9 aromatic carbocycles. The molecular formula is C54H34N6S. The third kappa shape index (κ3) is 5.63. The van der Waals surface area contributed by atoms with Crippen molar-refractivity contribution in [3.05, 3.63) is 206 Å². The smallest absolute Gasteiger partial charge is 0.133 e. The molecule has 1 aliphatic rings. The summed E-state index contributed by atoms with van der Waals surface area (Å²) in [6.07, 6.45) is 0. The summed E-state index contributed by atoms with van der Waals surface area (Å²) in [5, 5.41) is 2.34. The highest BCUT2D eigenvalue weighted by molar-refractivity contribution is 7.00. The molecule has 0 fully saturated rings.